The number of nitrogens with one attached hydrogen (secondary N) is 1. The van der Waals surface area contributed by atoms with Gasteiger partial charge in [0.05, 0.1) is 22.8 Å². The number of guanidine groups is 4. The Labute approximate surface area is 611 Å². The standard InChI is InChI=1S/C36H44N14S2.C32H36N6S2.C6H10N4/c37-33(38)45-8-4-21-12-22(5-9-46-34(39)40)15-27(14-21)29-19-51-31(49-29)25-2-1-3-26(18-25)32-50-30(20-52-32)28-16-23(6-10-47-35(41)42)13-24(17-28)7-11-48-36(43)44;33-8-4-21-12-22(5-9-34)15-27(14-21)29-19-39-31(37-29)25-2-1-3-26(18-25)32-38-30(20-40-32)28-16-23(6-10-35)13-24(17-28)7-11-36;1-7-6(8-2)10-5-3-4-9-10/h1-3,12-20H,4-11H2,(H4,37,38,45)(H4,39,40,46)(H4,41,42,47)(H4,43,44,48);1-3,12-20H,4-11,33-36H2;3-5H,1-2H3,(H,7,8). The molecule has 0 saturated carbocycles. The topological polar surface area (TPSA) is 455 Å². The zero-order chi connectivity index (χ0) is 72.3. The number of aliphatic imine (C=N–C) groups is 5. The van der Waals surface area contributed by atoms with Gasteiger partial charge in [0.2, 0.25) is 5.96 Å². The van der Waals surface area contributed by atoms with Gasteiger partial charge in [-0.05, 0) is 189 Å². The Bertz CT molecular complexity index is 4270. The Morgan fingerprint density at radius 2 is 0.627 bits per heavy atom. The first-order valence-corrected chi connectivity index (χ1v) is 36.8. The lowest BCUT2D eigenvalue weighted by Crippen LogP contribution is -2.26. The van der Waals surface area contributed by atoms with Crippen molar-refractivity contribution in [1.29, 1.82) is 0 Å². The minimum absolute atomic E-state index is 0.0693. The Morgan fingerprint density at radius 1 is 0.363 bits per heavy atom. The normalized spacial score (nSPS) is 11.1. The quantitative estimate of drug-likeness (QED) is 0.0165. The molecule has 0 fully saturated rings. The molecule has 0 spiro atoms. The van der Waals surface area contributed by atoms with Gasteiger partial charge in [0.25, 0.3) is 0 Å². The van der Waals surface area contributed by atoms with Gasteiger partial charge in [-0.3, -0.25) is 25.0 Å². The number of hydrogen-bond donors (Lipinski definition) is 13. The van der Waals surface area contributed by atoms with Gasteiger partial charge in [-0.15, -0.1) is 45.3 Å². The molecule has 11 aromatic rings. The zero-order valence-corrected chi connectivity index (χ0v) is 60.6. The highest BCUT2D eigenvalue weighted by molar-refractivity contribution is 7.14. The van der Waals surface area contributed by atoms with Crippen LogP contribution in [0.25, 0.3) is 87.3 Å². The molecule has 0 radical (unpaired) electrons. The van der Waals surface area contributed by atoms with E-state index in [-0.39, 0.29) is 23.8 Å². The lowest BCUT2D eigenvalue weighted by molar-refractivity contribution is 0.875. The molecule has 0 aliphatic rings. The summed E-state index contributed by atoms with van der Waals surface area (Å²) in [6, 6.07) is 44.6. The largest absolute Gasteiger partial charge is 0.370 e. The third kappa shape index (κ3) is 22.5. The summed E-state index contributed by atoms with van der Waals surface area (Å²) >= 11 is 6.49. The summed E-state index contributed by atoms with van der Waals surface area (Å²) in [5, 5.41) is 19.1. The molecule has 28 heteroatoms. The predicted octanol–water partition coefficient (Wildman–Crippen LogP) is 7.74. The van der Waals surface area contributed by atoms with Crippen LogP contribution in [0.5, 0.6) is 0 Å². The number of nitrogens with two attached hydrogens (primary N) is 12. The van der Waals surface area contributed by atoms with Crippen LogP contribution in [0, 0.1) is 0 Å². The van der Waals surface area contributed by atoms with Crippen molar-refractivity contribution in [2.24, 2.45) is 93.8 Å². The van der Waals surface area contributed by atoms with Crippen LogP contribution in [-0.2, 0) is 51.4 Å². The van der Waals surface area contributed by atoms with Crippen LogP contribution < -0.4 is 74.1 Å². The van der Waals surface area contributed by atoms with Gasteiger partial charge in [-0.2, -0.15) is 5.10 Å². The average Bonchev–Trinajstić information content (AvgIpc) is 1.67. The Balaban J connectivity index is 0.000000213. The number of benzene rings is 6. The lowest BCUT2D eigenvalue weighted by Gasteiger charge is -2.08. The number of thiazole rings is 4. The van der Waals surface area contributed by atoms with Gasteiger partial charge in [-0.1, -0.05) is 60.7 Å². The molecule has 24 nitrogen and oxygen atoms in total. The highest BCUT2D eigenvalue weighted by Crippen LogP contribution is 2.38. The van der Waals surface area contributed by atoms with E-state index in [1.807, 2.05) is 25.4 Å². The number of rotatable bonds is 28. The summed E-state index contributed by atoms with van der Waals surface area (Å²) in [6.45, 7) is 4.41. The van der Waals surface area contributed by atoms with E-state index in [4.69, 9.17) is 88.7 Å². The van der Waals surface area contributed by atoms with Gasteiger partial charge < -0.3 is 74.1 Å². The summed E-state index contributed by atoms with van der Waals surface area (Å²) < 4.78 is 1.67. The zero-order valence-electron chi connectivity index (χ0n) is 57.4. The summed E-state index contributed by atoms with van der Waals surface area (Å²) in [7, 11) is 3.53. The summed E-state index contributed by atoms with van der Waals surface area (Å²) in [5.41, 5.74) is 89.1. The van der Waals surface area contributed by atoms with E-state index in [0.717, 1.165) is 141 Å². The number of hydrogen-bond acceptors (Lipinski definition) is 18. The predicted molar refractivity (Wildman–Crippen MR) is 428 cm³/mol. The SMILES string of the molecule is CN=C(NC)n1cccn1.NC(N)=NCCc1cc(CCN=C(N)N)cc(-c2csc(-c3cccc(-c4nc(-c5cc(CCN=C(N)N)cc(CCN=C(N)N)c5)cs4)c3)n2)c1.NCCc1cc(CCN)cc(-c2csc(-c3cccc(-c4nc(-c5cc(CCN)cc(CCN)c5)cs4)c3)n2)c1. The molecule has 0 atom stereocenters. The number of aromatic nitrogens is 6. The van der Waals surface area contributed by atoms with Gasteiger partial charge in [0.15, 0.2) is 23.8 Å². The van der Waals surface area contributed by atoms with E-state index in [1.165, 1.54) is 22.3 Å². The molecule has 25 N–H and O–H groups in total. The monoisotopic (exact) mass is 1440 g/mol. The van der Waals surface area contributed by atoms with E-state index in [9.17, 15) is 0 Å². The highest BCUT2D eigenvalue weighted by atomic mass is 32.1. The fourth-order valence-electron chi connectivity index (χ4n) is 11.2. The Morgan fingerprint density at radius 3 is 0.843 bits per heavy atom. The average molecular weight is 1440 g/mol. The maximum absolute atomic E-state index is 5.84. The molecule has 0 aliphatic carbocycles. The van der Waals surface area contributed by atoms with Gasteiger partial charge in [0.1, 0.15) is 20.0 Å². The van der Waals surface area contributed by atoms with Gasteiger partial charge in [0, 0.05) is 119 Å². The molecule has 5 aromatic heterocycles. The van der Waals surface area contributed by atoms with Gasteiger partial charge >= 0.3 is 0 Å². The summed E-state index contributed by atoms with van der Waals surface area (Å²) in [5.74, 6) is 1.02. The molecule has 530 valence electrons. The van der Waals surface area contributed by atoms with Crippen molar-refractivity contribution in [1.82, 2.24) is 35.0 Å². The molecule has 0 aliphatic heterocycles. The van der Waals surface area contributed by atoms with Crippen LogP contribution in [0.3, 0.4) is 0 Å². The van der Waals surface area contributed by atoms with Crippen LogP contribution in [-0.4, -0.2) is 126 Å². The van der Waals surface area contributed by atoms with Crippen molar-refractivity contribution >= 4 is 75.1 Å². The minimum Gasteiger partial charge on any atom is -0.370 e. The molecular weight excluding hydrogens is 1350 g/mol. The first-order valence-electron chi connectivity index (χ1n) is 33.2. The maximum atomic E-state index is 5.84. The van der Waals surface area contributed by atoms with Crippen LogP contribution in [0.1, 0.15) is 44.5 Å². The van der Waals surface area contributed by atoms with Crippen LogP contribution in [0.15, 0.2) is 186 Å². The third-order valence-corrected chi connectivity index (χ3v) is 19.4. The molecule has 11 rings (SSSR count). The van der Waals surface area contributed by atoms with Crippen LogP contribution in [0.2, 0.25) is 0 Å². The van der Waals surface area contributed by atoms with Crippen molar-refractivity contribution in [3.05, 3.63) is 206 Å². The lowest BCUT2D eigenvalue weighted by atomic mass is 10.00. The Hall–Kier alpha value is -10.6. The van der Waals surface area contributed by atoms with E-state index in [1.54, 1.807) is 63.3 Å². The first kappa shape index (κ1) is 75.6. The van der Waals surface area contributed by atoms with Crippen molar-refractivity contribution in [3.8, 4) is 87.3 Å². The van der Waals surface area contributed by atoms with Crippen molar-refractivity contribution < 1.29 is 0 Å². The third-order valence-electron chi connectivity index (χ3n) is 15.8. The fourth-order valence-corrected chi connectivity index (χ4v) is 14.5. The van der Waals surface area contributed by atoms with Crippen molar-refractivity contribution in [2.45, 2.75) is 51.4 Å². The minimum atomic E-state index is 0.0693. The van der Waals surface area contributed by atoms with E-state index < -0.39 is 0 Å². The molecule has 5 heterocycles. The van der Waals surface area contributed by atoms with E-state index >= 15 is 0 Å². The molecule has 0 bridgehead atoms. The first-order chi connectivity index (χ1) is 49.5. The second-order valence-electron chi connectivity index (χ2n) is 23.6. The smallest absolute Gasteiger partial charge is 0.218 e. The maximum Gasteiger partial charge on any atom is 0.218 e. The van der Waals surface area contributed by atoms with E-state index in [0.29, 0.717) is 78.0 Å². The fraction of sp³-hybridized carbons (Fsp3) is 0.243. The van der Waals surface area contributed by atoms with Crippen LogP contribution >= 0.6 is 45.3 Å². The molecule has 102 heavy (non-hydrogen) atoms. The van der Waals surface area contributed by atoms with Crippen molar-refractivity contribution in [2.75, 3.05) is 66.5 Å². The number of nitrogens with zero attached hydrogens (tertiary/aromatic N) is 11. The molecule has 0 unspecified atom stereocenters. The molecular formula is C74H90N24S4. The molecule has 6 aromatic carbocycles. The highest BCUT2D eigenvalue weighted by Gasteiger charge is 2.17. The summed E-state index contributed by atoms with van der Waals surface area (Å²) in [6.07, 6.45) is 9.61. The molecule has 0 amide bonds. The van der Waals surface area contributed by atoms with E-state index in [2.05, 4.69) is 172 Å². The molecule has 0 saturated heterocycles. The second-order valence-corrected chi connectivity index (χ2v) is 27.0. The van der Waals surface area contributed by atoms with Crippen LogP contribution in [0.4, 0.5) is 0 Å². The Kier molecular flexibility index (Phi) is 28.4. The summed E-state index contributed by atoms with van der Waals surface area (Å²) in [4.78, 5) is 40.7. The second kappa shape index (κ2) is 38.3. The van der Waals surface area contributed by atoms with Crippen molar-refractivity contribution in [3.63, 3.8) is 0 Å². The van der Waals surface area contributed by atoms with Gasteiger partial charge in [-0.25, -0.2) is 24.6 Å².